The summed E-state index contributed by atoms with van der Waals surface area (Å²) >= 11 is 1.56. The van der Waals surface area contributed by atoms with E-state index in [9.17, 15) is 14.4 Å². The van der Waals surface area contributed by atoms with Gasteiger partial charge in [-0.1, -0.05) is 26.3 Å². The maximum atomic E-state index is 13.3. The van der Waals surface area contributed by atoms with Crippen molar-refractivity contribution < 1.29 is 19.1 Å². The van der Waals surface area contributed by atoms with Crippen LogP contribution in [0, 0.1) is 11.8 Å². The highest BCUT2D eigenvalue weighted by Crippen LogP contribution is 2.39. The number of likely N-dealkylation sites (tertiary alicyclic amines) is 1. The standard InChI is InChI=1S/C24H27N5O4S/c1-4-14-8-19(15-5-6-20-18(7-15)27-12-34-20)29(11-13(14)2)24(32)22(31)28-16-9-17(21(25)30)23(33-3)26-10-16/h5-7,9-10,12-14,19H,4,8,11H2,1-3H3,(H2,25,30)(H,28,31)/t13-,14+,19-/m1/s1. The number of carbonyl (C=O) groups is 3. The molecule has 3 aromatic rings. The Morgan fingerprint density at radius 2 is 2.06 bits per heavy atom. The molecule has 1 fully saturated rings. The smallest absolute Gasteiger partial charge is 0.313 e. The molecule has 10 heteroatoms. The predicted molar refractivity (Wildman–Crippen MR) is 130 cm³/mol. The summed E-state index contributed by atoms with van der Waals surface area (Å²) in [5.41, 5.74) is 9.22. The predicted octanol–water partition coefficient (Wildman–Crippen LogP) is 3.37. The lowest BCUT2D eigenvalue weighted by atomic mass is 9.79. The molecule has 0 unspecified atom stereocenters. The van der Waals surface area contributed by atoms with Gasteiger partial charge in [-0.3, -0.25) is 14.4 Å². The summed E-state index contributed by atoms with van der Waals surface area (Å²) in [5.74, 6) is -1.45. The number of amides is 3. The molecule has 1 aromatic carbocycles. The average Bonchev–Trinajstić information content (AvgIpc) is 3.31. The fraction of sp³-hybridized carbons (Fsp3) is 0.375. The fourth-order valence-electron chi connectivity index (χ4n) is 4.60. The van der Waals surface area contributed by atoms with Crippen molar-refractivity contribution in [2.45, 2.75) is 32.7 Å². The molecule has 1 aliphatic heterocycles. The van der Waals surface area contributed by atoms with E-state index < -0.39 is 17.7 Å². The molecule has 3 N–H and O–H groups in total. The van der Waals surface area contributed by atoms with Gasteiger partial charge in [-0.05, 0) is 42.0 Å². The van der Waals surface area contributed by atoms with Gasteiger partial charge < -0.3 is 20.7 Å². The van der Waals surface area contributed by atoms with Crippen molar-refractivity contribution >= 4 is 45.0 Å². The first kappa shape index (κ1) is 23.6. The molecular weight excluding hydrogens is 454 g/mol. The molecular formula is C24H27N5O4S. The molecule has 2 aromatic heterocycles. The molecule has 0 spiro atoms. The Labute approximate surface area is 201 Å². The molecule has 0 bridgehead atoms. The first-order valence-corrected chi connectivity index (χ1v) is 12.0. The van der Waals surface area contributed by atoms with E-state index in [0.29, 0.717) is 12.5 Å². The molecule has 0 saturated carbocycles. The van der Waals surface area contributed by atoms with Crippen LogP contribution in [0.15, 0.2) is 36.0 Å². The third kappa shape index (κ3) is 4.58. The molecule has 0 radical (unpaired) electrons. The molecule has 1 saturated heterocycles. The lowest BCUT2D eigenvalue weighted by molar-refractivity contribution is -0.147. The number of anilines is 1. The van der Waals surface area contributed by atoms with Crippen LogP contribution in [0.3, 0.4) is 0 Å². The minimum absolute atomic E-state index is 0.0135. The number of nitrogens with two attached hydrogens (primary N) is 1. The van der Waals surface area contributed by atoms with Crippen LogP contribution in [0.25, 0.3) is 10.2 Å². The number of methoxy groups -OCH3 is 1. The Morgan fingerprint density at radius 1 is 1.26 bits per heavy atom. The lowest BCUT2D eigenvalue weighted by Crippen LogP contribution is -2.48. The van der Waals surface area contributed by atoms with Crippen molar-refractivity contribution in [1.82, 2.24) is 14.9 Å². The van der Waals surface area contributed by atoms with Crippen LogP contribution in [-0.2, 0) is 9.59 Å². The van der Waals surface area contributed by atoms with Crippen molar-refractivity contribution in [2.75, 3.05) is 19.0 Å². The zero-order valence-electron chi connectivity index (χ0n) is 19.3. The van der Waals surface area contributed by atoms with E-state index in [1.165, 1.54) is 19.4 Å². The minimum Gasteiger partial charge on any atom is -0.480 e. The summed E-state index contributed by atoms with van der Waals surface area (Å²) in [7, 11) is 1.36. The highest BCUT2D eigenvalue weighted by atomic mass is 32.1. The Balaban J connectivity index is 1.60. The van der Waals surface area contributed by atoms with Crippen LogP contribution >= 0.6 is 11.3 Å². The fourth-order valence-corrected chi connectivity index (χ4v) is 5.26. The monoisotopic (exact) mass is 481 g/mol. The maximum absolute atomic E-state index is 13.3. The number of primary amides is 1. The van der Waals surface area contributed by atoms with E-state index in [4.69, 9.17) is 10.5 Å². The number of benzene rings is 1. The molecule has 178 valence electrons. The number of aromatic nitrogens is 2. The van der Waals surface area contributed by atoms with Crippen LogP contribution in [0.4, 0.5) is 5.69 Å². The second-order valence-electron chi connectivity index (χ2n) is 8.53. The van der Waals surface area contributed by atoms with E-state index in [0.717, 1.165) is 28.6 Å². The van der Waals surface area contributed by atoms with E-state index in [2.05, 4.69) is 29.1 Å². The number of ether oxygens (including phenoxy) is 1. The quantitative estimate of drug-likeness (QED) is 0.538. The summed E-state index contributed by atoms with van der Waals surface area (Å²) in [5, 5.41) is 2.56. The van der Waals surface area contributed by atoms with Gasteiger partial charge in [0.1, 0.15) is 5.56 Å². The lowest BCUT2D eigenvalue weighted by Gasteiger charge is -2.43. The maximum Gasteiger partial charge on any atom is 0.313 e. The van der Waals surface area contributed by atoms with Crippen LogP contribution in [0.1, 0.15) is 48.7 Å². The summed E-state index contributed by atoms with van der Waals surface area (Å²) in [4.78, 5) is 48.0. The molecule has 1 aliphatic rings. The SMILES string of the molecule is CC[C@H]1C[C@H](c2ccc3scnc3c2)N(C(=O)C(=O)Nc2cnc(OC)c(C(N)=O)c2)C[C@H]1C. The molecule has 4 rings (SSSR count). The Kier molecular flexibility index (Phi) is 6.78. The number of thiazole rings is 1. The van der Waals surface area contributed by atoms with Gasteiger partial charge >= 0.3 is 11.8 Å². The average molecular weight is 482 g/mol. The number of nitrogens with zero attached hydrogens (tertiary/aromatic N) is 3. The Hall–Kier alpha value is -3.53. The first-order chi connectivity index (χ1) is 16.3. The number of fused-ring (bicyclic) bond motifs is 1. The number of rotatable bonds is 5. The van der Waals surface area contributed by atoms with Gasteiger partial charge in [-0.2, -0.15) is 0 Å². The number of piperidine rings is 1. The van der Waals surface area contributed by atoms with E-state index in [1.54, 1.807) is 21.7 Å². The van der Waals surface area contributed by atoms with Gasteiger partial charge in [0, 0.05) is 6.54 Å². The highest BCUT2D eigenvalue weighted by Gasteiger charge is 2.38. The number of nitrogens with one attached hydrogen (secondary N) is 1. The molecule has 3 atom stereocenters. The number of pyridine rings is 1. The summed E-state index contributed by atoms with van der Waals surface area (Å²) in [6.45, 7) is 4.73. The molecule has 9 nitrogen and oxygen atoms in total. The second kappa shape index (κ2) is 9.76. The summed E-state index contributed by atoms with van der Waals surface area (Å²) in [6.07, 6.45) is 3.08. The largest absolute Gasteiger partial charge is 0.480 e. The van der Waals surface area contributed by atoms with Crippen molar-refractivity contribution in [3.63, 3.8) is 0 Å². The van der Waals surface area contributed by atoms with Crippen LogP contribution in [0.5, 0.6) is 5.88 Å². The zero-order valence-corrected chi connectivity index (χ0v) is 20.1. The van der Waals surface area contributed by atoms with E-state index in [1.807, 2.05) is 18.2 Å². The normalized spacial score (nSPS) is 20.2. The highest BCUT2D eigenvalue weighted by molar-refractivity contribution is 7.16. The van der Waals surface area contributed by atoms with Crippen molar-refractivity contribution in [3.05, 3.63) is 47.1 Å². The van der Waals surface area contributed by atoms with Gasteiger partial charge in [0.15, 0.2) is 0 Å². The van der Waals surface area contributed by atoms with Gasteiger partial charge in [0.25, 0.3) is 5.91 Å². The second-order valence-corrected chi connectivity index (χ2v) is 9.42. The van der Waals surface area contributed by atoms with Crippen LogP contribution in [-0.4, -0.2) is 46.2 Å². The third-order valence-corrected chi connectivity index (χ3v) is 7.29. The first-order valence-electron chi connectivity index (χ1n) is 11.1. The molecule has 3 heterocycles. The summed E-state index contributed by atoms with van der Waals surface area (Å²) < 4.78 is 6.10. The zero-order chi connectivity index (χ0) is 24.4. The van der Waals surface area contributed by atoms with Crippen molar-refractivity contribution in [1.29, 1.82) is 0 Å². The Morgan fingerprint density at radius 3 is 2.76 bits per heavy atom. The number of hydrogen-bond acceptors (Lipinski definition) is 7. The van der Waals surface area contributed by atoms with Gasteiger partial charge in [0.05, 0.1) is 40.8 Å². The van der Waals surface area contributed by atoms with Crippen LogP contribution in [0.2, 0.25) is 0 Å². The molecule has 34 heavy (non-hydrogen) atoms. The van der Waals surface area contributed by atoms with Gasteiger partial charge in [-0.25, -0.2) is 9.97 Å². The number of carbonyl (C=O) groups excluding carboxylic acids is 3. The van der Waals surface area contributed by atoms with E-state index >= 15 is 0 Å². The molecule has 3 amide bonds. The van der Waals surface area contributed by atoms with E-state index in [-0.39, 0.29) is 29.1 Å². The number of hydrogen-bond donors (Lipinski definition) is 2. The molecule has 0 aliphatic carbocycles. The topological polar surface area (TPSA) is 128 Å². The third-order valence-electron chi connectivity index (χ3n) is 6.48. The van der Waals surface area contributed by atoms with Crippen LogP contribution < -0.4 is 15.8 Å². The van der Waals surface area contributed by atoms with Crippen molar-refractivity contribution in [3.8, 4) is 5.88 Å². The van der Waals surface area contributed by atoms with Gasteiger partial charge in [-0.15, -0.1) is 11.3 Å². The Bertz CT molecular complexity index is 1240. The van der Waals surface area contributed by atoms with Crippen molar-refractivity contribution in [2.24, 2.45) is 17.6 Å². The van der Waals surface area contributed by atoms with Gasteiger partial charge in [0.2, 0.25) is 5.88 Å². The summed E-state index contributed by atoms with van der Waals surface area (Å²) in [6, 6.07) is 7.14. The minimum atomic E-state index is -0.802.